The van der Waals surface area contributed by atoms with Crippen LogP contribution in [-0.2, 0) is 4.79 Å². The SMILES string of the molecule is C=CC(=O)N1CCC(c2nncs2)CC1. The Morgan fingerprint density at radius 2 is 2.33 bits per heavy atom. The highest BCUT2D eigenvalue weighted by molar-refractivity contribution is 7.09. The summed E-state index contributed by atoms with van der Waals surface area (Å²) in [6, 6.07) is 0. The molecule has 1 aliphatic heterocycles. The first-order valence-corrected chi connectivity index (χ1v) is 5.86. The average molecular weight is 223 g/mol. The predicted octanol–water partition coefficient (Wildman–Crippen LogP) is 1.43. The van der Waals surface area contributed by atoms with E-state index in [-0.39, 0.29) is 5.91 Å². The Balaban J connectivity index is 1.92. The monoisotopic (exact) mass is 223 g/mol. The summed E-state index contributed by atoms with van der Waals surface area (Å²) in [6.07, 6.45) is 3.34. The quantitative estimate of drug-likeness (QED) is 0.712. The summed E-state index contributed by atoms with van der Waals surface area (Å²) < 4.78 is 0. The van der Waals surface area contributed by atoms with Crippen LogP contribution in [0, 0.1) is 0 Å². The molecule has 0 aliphatic carbocycles. The van der Waals surface area contributed by atoms with Gasteiger partial charge in [0, 0.05) is 19.0 Å². The van der Waals surface area contributed by atoms with E-state index in [0.717, 1.165) is 30.9 Å². The molecule has 5 heteroatoms. The van der Waals surface area contributed by atoms with Gasteiger partial charge in [0.25, 0.3) is 0 Å². The summed E-state index contributed by atoms with van der Waals surface area (Å²) in [5, 5.41) is 9.01. The van der Waals surface area contributed by atoms with E-state index in [4.69, 9.17) is 0 Å². The van der Waals surface area contributed by atoms with Gasteiger partial charge in [0.2, 0.25) is 5.91 Å². The summed E-state index contributed by atoms with van der Waals surface area (Å²) in [5.74, 6) is 0.511. The van der Waals surface area contributed by atoms with Gasteiger partial charge in [-0.05, 0) is 18.9 Å². The predicted molar refractivity (Wildman–Crippen MR) is 58.7 cm³/mol. The van der Waals surface area contributed by atoms with Crippen LogP contribution >= 0.6 is 11.3 Å². The highest BCUT2D eigenvalue weighted by Gasteiger charge is 2.24. The fourth-order valence-corrected chi connectivity index (χ4v) is 2.56. The van der Waals surface area contributed by atoms with E-state index in [1.807, 2.05) is 4.90 Å². The molecule has 0 atom stereocenters. The van der Waals surface area contributed by atoms with Crippen LogP contribution < -0.4 is 0 Å². The zero-order valence-electron chi connectivity index (χ0n) is 8.43. The fourth-order valence-electron chi connectivity index (χ4n) is 1.84. The molecule has 2 rings (SSSR count). The number of carbonyl (C=O) groups is 1. The zero-order valence-corrected chi connectivity index (χ0v) is 9.24. The van der Waals surface area contributed by atoms with Gasteiger partial charge < -0.3 is 4.90 Å². The highest BCUT2D eigenvalue weighted by Crippen LogP contribution is 2.28. The van der Waals surface area contributed by atoms with E-state index in [0.29, 0.717) is 5.92 Å². The number of hydrogen-bond acceptors (Lipinski definition) is 4. The minimum Gasteiger partial charge on any atom is -0.339 e. The Morgan fingerprint density at radius 1 is 1.60 bits per heavy atom. The highest BCUT2D eigenvalue weighted by atomic mass is 32.1. The lowest BCUT2D eigenvalue weighted by Crippen LogP contribution is -2.36. The van der Waals surface area contributed by atoms with Crippen LogP contribution in [0.1, 0.15) is 23.8 Å². The van der Waals surface area contributed by atoms with Gasteiger partial charge in [-0.1, -0.05) is 6.58 Å². The number of aromatic nitrogens is 2. The van der Waals surface area contributed by atoms with Crippen LogP contribution in [0.5, 0.6) is 0 Å². The molecule has 1 amide bonds. The van der Waals surface area contributed by atoms with E-state index >= 15 is 0 Å². The topological polar surface area (TPSA) is 46.1 Å². The second kappa shape index (κ2) is 4.53. The van der Waals surface area contributed by atoms with Crippen LogP contribution in [-0.4, -0.2) is 34.1 Å². The van der Waals surface area contributed by atoms with Gasteiger partial charge in [-0.3, -0.25) is 4.79 Å². The molecular formula is C10H13N3OS. The lowest BCUT2D eigenvalue weighted by molar-refractivity contribution is -0.127. The van der Waals surface area contributed by atoms with Crippen LogP contribution in [0.25, 0.3) is 0 Å². The normalized spacial score (nSPS) is 17.7. The first-order valence-electron chi connectivity index (χ1n) is 4.98. The molecule has 0 radical (unpaired) electrons. The van der Waals surface area contributed by atoms with E-state index in [1.165, 1.54) is 6.08 Å². The molecule has 15 heavy (non-hydrogen) atoms. The fraction of sp³-hybridized carbons (Fsp3) is 0.500. The summed E-state index contributed by atoms with van der Waals surface area (Å²) in [7, 11) is 0. The van der Waals surface area contributed by atoms with Crippen LogP contribution in [0.4, 0.5) is 0 Å². The number of hydrogen-bond donors (Lipinski definition) is 0. The molecule has 80 valence electrons. The Hall–Kier alpha value is -1.23. The Labute approximate surface area is 92.6 Å². The van der Waals surface area contributed by atoms with Gasteiger partial charge >= 0.3 is 0 Å². The molecule has 0 saturated carbocycles. The number of carbonyl (C=O) groups excluding carboxylic acids is 1. The molecule has 0 spiro atoms. The number of rotatable bonds is 2. The van der Waals surface area contributed by atoms with E-state index in [9.17, 15) is 4.79 Å². The van der Waals surface area contributed by atoms with Gasteiger partial charge in [-0.15, -0.1) is 21.5 Å². The van der Waals surface area contributed by atoms with Crippen molar-refractivity contribution in [2.75, 3.05) is 13.1 Å². The molecule has 1 aromatic heterocycles. The first kappa shape index (κ1) is 10.3. The van der Waals surface area contributed by atoms with Crippen molar-refractivity contribution in [2.24, 2.45) is 0 Å². The molecule has 0 unspecified atom stereocenters. The molecule has 2 heterocycles. The standard InChI is InChI=1S/C10H13N3OS/c1-2-9(14)13-5-3-8(4-6-13)10-12-11-7-15-10/h2,7-8H,1,3-6H2. The smallest absolute Gasteiger partial charge is 0.245 e. The minimum atomic E-state index is 0.0331. The minimum absolute atomic E-state index is 0.0331. The molecule has 0 aromatic carbocycles. The Bertz CT molecular complexity index is 342. The number of piperidine rings is 1. The maximum atomic E-state index is 11.3. The van der Waals surface area contributed by atoms with Crippen molar-refractivity contribution in [3.63, 3.8) is 0 Å². The summed E-state index contributed by atoms with van der Waals surface area (Å²) in [5.41, 5.74) is 1.76. The molecule has 1 fully saturated rings. The maximum absolute atomic E-state index is 11.3. The van der Waals surface area contributed by atoms with Crippen molar-refractivity contribution in [1.29, 1.82) is 0 Å². The third-order valence-electron chi connectivity index (χ3n) is 2.71. The summed E-state index contributed by atoms with van der Waals surface area (Å²) in [4.78, 5) is 13.2. The molecule has 0 N–H and O–H groups in total. The Morgan fingerprint density at radius 3 is 2.87 bits per heavy atom. The van der Waals surface area contributed by atoms with Gasteiger partial charge in [0.15, 0.2) is 0 Å². The second-order valence-corrected chi connectivity index (χ2v) is 4.45. The number of amides is 1. The van der Waals surface area contributed by atoms with Crippen molar-refractivity contribution in [1.82, 2.24) is 15.1 Å². The van der Waals surface area contributed by atoms with Gasteiger partial charge in [0.05, 0.1) is 0 Å². The molecule has 0 bridgehead atoms. The zero-order chi connectivity index (χ0) is 10.7. The molecular weight excluding hydrogens is 210 g/mol. The largest absolute Gasteiger partial charge is 0.339 e. The van der Waals surface area contributed by atoms with E-state index in [2.05, 4.69) is 16.8 Å². The maximum Gasteiger partial charge on any atom is 0.245 e. The third-order valence-corrected chi connectivity index (χ3v) is 3.56. The van der Waals surface area contributed by atoms with Gasteiger partial charge in [-0.25, -0.2) is 0 Å². The van der Waals surface area contributed by atoms with Gasteiger partial charge in [-0.2, -0.15) is 0 Å². The second-order valence-electron chi connectivity index (χ2n) is 3.58. The van der Waals surface area contributed by atoms with Crippen LogP contribution in [0.15, 0.2) is 18.2 Å². The van der Waals surface area contributed by atoms with Crippen LogP contribution in [0.3, 0.4) is 0 Å². The number of nitrogens with zero attached hydrogens (tertiary/aromatic N) is 3. The van der Waals surface area contributed by atoms with Crippen molar-refractivity contribution in [2.45, 2.75) is 18.8 Å². The van der Waals surface area contributed by atoms with Crippen molar-refractivity contribution < 1.29 is 4.79 Å². The average Bonchev–Trinajstić information content (AvgIpc) is 2.82. The summed E-state index contributed by atoms with van der Waals surface area (Å²) in [6.45, 7) is 5.09. The summed E-state index contributed by atoms with van der Waals surface area (Å²) >= 11 is 1.60. The lowest BCUT2D eigenvalue weighted by atomic mass is 9.97. The van der Waals surface area contributed by atoms with Crippen LogP contribution in [0.2, 0.25) is 0 Å². The third kappa shape index (κ3) is 2.23. The Kier molecular flexibility index (Phi) is 3.11. The first-order chi connectivity index (χ1) is 7.31. The van der Waals surface area contributed by atoms with Crippen molar-refractivity contribution in [3.05, 3.63) is 23.2 Å². The van der Waals surface area contributed by atoms with Gasteiger partial charge in [0.1, 0.15) is 10.5 Å². The number of likely N-dealkylation sites (tertiary alicyclic amines) is 1. The molecule has 1 saturated heterocycles. The molecule has 1 aromatic rings. The van der Waals surface area contributed by atoms with Crippen molar-refractivity contribution >= 4 is 17.2 Å². The lowest BCUT2D eigenvalue weighted by Gasteiger charge is -2.30. The molecule has 1 aliphatic rings. The molecule has 4 nitrogen and oxygen atoms in total. The van der Waals surface area contributed by atoms with E-state index in [1.54, 1.807) is 16.8 Å². The van der Waals surface area contributed by atoms with E-state index < -0.39 is 0 Å². The van der Waals surface area contributed by atoms with Crippen molar-refractivity contribution in [3.8, 4) is 0 Å².